The van der Waals surface area contributed by atoms with E-state index in [1.165, 1.54) is 32.1 Å². The first-order valence-electron chi connectivity index (χ1n) is 7.97. The Bertz CT molecular complexity index is 883. The van der Waals surface area contributed by atoms with Gasteiger partial charge >= 0.3 is 0 Å². The second kappa shape index (κ2) is 8.11. The number of aryl methyl sites for hydroxylation is 1. The van der Waals surface area contributed by atoms with Gasteiger partial charge in [0.05, 0.1) is 0 Å². The maximum absolute atomic E-state index is 12.2. The summed E-state index contributed by atoms with van der Waals surface area (Å²) >= 11 is 0. The zero-order valence-electron chi connectivity index (χ0n) is 14.8. The summed E-state index contributed by atoms with van der Waals surface area (Å²) in [6, 6.07) is 11.1. The molecule has 3 N–H and O–H groups in total. The molecule has 0 aromatic heterocycles. The SMILES string of the molecule is CC(=O)c1ccc(NC(=O)/C(C)=C\C(=O)Nc2ccc(O)cc2C)cc1. The molecule has 0 saturated heterocycles. The molecule has 134 valence electrons. The molecule has 6 heteroatoms. The Morgan fingerprint density at radius 2 is 1.62 bits per heavy atom. The van der Waals surface area contributed by atoms with E-state index in [4.69, 9.17) is 0 Å². The first-order chi connectivity index (χ1) is 12.3. The summed E-state index contributed by atoms with van der Waals surface area (Å²) in [6.45, 7) is 4.75. The van der Waals surface area contributed by atoms with Gasteiger partial charge in [-0.1, -0.05) is 0 Å². The highest BCUT2D eigenvalue weighted by Gasteiger charge is 2.09. The molecular weight excluding hydrogens is 332 g/mol. The Morgan fingerprint density at radius 3 is 2.19 bits per heavy atom. The van der Waals surface area contributed by atoms with Crippen LogP contribution in [0.2, 0.25) is 0 Å². The maximum Gasteiger partial charge on any atom is 0.251 e. The lowest BCUT2D eigenvalue weighted by Gasteiger charge is -2.08. The maximum atomic E-state index is 12.2. The Balaban J connectivity index is 2.01. The molecule has 2 aromatic rings. The van der Waals surface area contributed by atoms with Crippen molar-refractivity contribution in [2.24, 2.45) is 0 Å². The number of ketones is 1. The normalized spacial score (nSPS) is 11.0. The van der Waals surface area contributed by atoms with Crippen molar-refractivity contribution in [2.45, 2.75) is 20.8 Å². The van der Waals surface area contributed by atoms with Crippen molar-refractivity contribution in [1.29, 1.82) is 0 Å². The summed E-state index contributed by atoms with van der Waals surface area (Å²) < 4.78 is 0. The van der Waals surface area contributed by atoms with Crippen molar-refractivity contribution in [3.05, 3.63) is 65.2 Å². The first kappa shape index (κ1) is 18.9. The Morgan fingerprint density at radius 1 is 0.962 bits per heavy atom. The van der Waals surface area contributed by atoms with E-state index in [0.29, 0.717) is 22.5 Å². The van der Waals surface area contributed by atoms with E-state index in [1.54, 1.807) is 37.3 Å². The lowest BCUT2D eigenvalue weighted by atomic mass is 10.1. The van der Waals surface area contributed by atoms with Crippen LogP contribution in [0.1, 0.15) is 29.8 Å². The van der Waals surface area contributed by atoms with Gasteiger partial charge in [0, 0.05) is 28.6 Å². The molecule has 0 fully saturated rings. The minimum absolute atomic E-state index is 0.0554. The molecule has 0 aliphatic heterocycles. The Hall–Kier alpha value is -3.41. The minimum Gasteiger partial charge on any atom is -0.508 e. The van der Waals surface area contributed by atoms with Crippen LogP contribution in [0.4, 0.5) is 11.4 Å². The predicted octanol–water partition coefficient (Wildman–Crippen LogP) is 3.43. The van der Waals surface area contributed by atoms with Crippen LogP contribution < -0.4 is 10.6 Å². The lowest BCUT2D eigenvalue weighted by molar-refractivity contribution is -0.114. The second-order valence-electron chi connectivity index (χ2n) is 5.90. The number of rotatable bonds is 5. The monoisotopic (exact) mass is 352 g/mol. The summed E-state index contributed by atoms with van der Waals surface area (Å²) in [5, 5.41) is 14.7. The molecule has 0 saturated carbocycles. The third-order valence-electron chi connectivity index (χ3n) is 3.72. The van der Waals surface area contributed by atoms with Gasteiger partial charge in [-0.05, 0) is 68.8 Å². The Labute approximate surface area is 151 Å². The highest BCUT2D eigenvalue weighted by atomic mass is 16.3. The van der Waals surface area contributed by atoms with Crippen LogP contribution in [0.25, 0.3) is 0 Å². The van der Waals surface area contributed by atoms with Gasteiger partial charge in [-0.15, -0.1) is 0 Å². The van der Waals surface area contributed by atoms with Gasteiger partial charge in [0.2, 0.25) is 5.91 Å². The molecule has 0 aliphatic carbocycles. The fourth-order valence-corrected chi connectivity index (χ4v) is 2.24. The summed E-state index contributed by atoms with van der Waals surface area (Å²) in [6.07, 6.45) is 1.20. The van der Waals surface area contributed by atoms with E-state index < -0.39 is 11.8 Å². The number of phenols is 1. The third-order valence-corrected chi connectivity index (χ3v) is 3.72. The van der Waals surface area contributed by atoms with Crippen LogP contribution in [-0.2, 0) is 9.59 Å². The molecule has 0 radical (unpaired) electrons. The van der Waals surface area contributed by atoms with Crippen molar-refractivity contribution in [1.82, 2.24) is 0 Å². The molecule has 0 bridgehead atoms. The molecule has 2 rings (SSSR count). The van der Waals surface area contributed by atoms with Crippen molar-refractivity contribution in [3.8, 4) is 5.75 Å². The van der Waals surface area contributed by atoms with Crippen molar-refractivity contribution >= 4 is 29.0 Å². The van der Waals surface area contributed by atoms with E-state index in [9.17, 15) is 19.5 Å². The number of carbonyl (C=O) groups is 3. The average Bonchev–Trinajstić information content (AvgIpc) is 2.57. The molecule has 0 heterocycles. The highest BCUT2D eigenvalue weighted by molar-refractivity contribution is 6.10. The molecule has 0 aliphatic rings. The molecule has 6 nitrogen and oxygen atoms in total. The number of anilines is 2. The summed E-state index contributed by atoms with van der Waals surface area (Å²) in [5.41, 5.74) is 2.58. The van der Waals surface area contributed by atoms with Crippen LogP contribution in [0.5, 0.6) is 5.75 Å². The predicted molar refractivity (Wildman–Crippen MR) is 100 cm³/mol. The number of phenolic OH excluding ortho intramolecular Hbond substituents is 1. The lowest BCUT2D eigenvalue weighted by Crippen LogP contribution is -2.16. The number of aromatic hydroxyl groups is 1. The van der Waals surface area contributed by atoms with Crippen LogP contribution in [0.15, 0.2) is 54.1 Å². The van der Waals surface area contributed by atoms with Crippen LogP contribution in [0.3, 0.4) is 0 Å². The number of amides is 2. The van der Waals surface area contributed by atoms with Crippen molar-refractivity contribution in [3.63, 3.8) is 0 Å². The van der Waals surface area contributed by atoms with Gasteiger partial charge in [0.25, 0.3) is 5.91 Å². The van der Waals surface area contributed by atoms with Gasteiger partial charge in [-0.25, -0.2) is 0 Å². The second-order valence-corrected chi connectivity index (χ2v) is 5.90. The largest absolute Gasteiger partial charge is 0.508 e. The number of nitrogens with one attached hydrogen (secondary N) is 2. The number of hydrogen-bond donors (Lipinski definition) is 3. The molecule has 2 amide bonds. The quantitative estimate of drug-likeness (QED) is 0.436. The van der Waals surface area contributed by atoms with E-state index >= 15 is 0 Å². The highest BCUT2D eigenvalue weighted by Crippen LogP contribution is 2.20. The van der Waals surface area contributed by atoms with Crippen LogP contribution in [-0.4, -0.2) is 22.7 Å². The van der Waals surface area contributed by atoms with E-state index in [2.05, 4.69) is 10.6 Å². The minimum atomic E-state index is -0.446. The molecule has 0 atom stereocenters. The average molecular weight is 352 g/mol. The third kappa shape index (κ3) is 5.04. The zero-order valence-corrected chi connectivity index (χ0v) is 14.8. The number of Topliss-reactive ketones (excluding diaryl/α,β-unsaturated/α-hetero) is 1. The zero-order chi connectivity index (χ0) is 19.3. The molecule has 2 aromatic carbocycles. The molecule has 26 heavy (non-hydrogen) atoms. The fourth-order valence-electron chi connectivity index (χ4n) is 2.24. The number of carbonyl (C=O) groups excluding carboxylic acids is 3. The van der Waals surface area contributed by atoms with Gasteiger partial charge in [0.1, 0.15) is 5.75 Å². The number of benzene rings is 2. The summed E-state index contributed by atoms with van der Waals surface area (Å²) in [4.78, 5) is 35.5. The molecular formula is C20H20N2O4. The topological polar surface area (TPSA) is 95.5 Å². The van der Waals surface area contributed by atoms with Gasteiger partial charge in [-0.3, -0.25) is 14.4 Å². The van der Waals surface area contributed by atoms with Crippen LogP contribution in [0, 0.1) is 6.92 Å². The van der Waals surface area contributed by atoms with Crippen LogP contribution >= 0.6 is 0 Å². The number of hydrogen-bond acceptors (Lipinski definition) is 4. The van der Waals surface area contributed by atoms with E-state index in [1.807, 2.05) is 0 Å². The van der Waals surface area contributed by atoms with Gasteiger partial charge in [0.15, 0.2) is 5.78 Å². The van der Waals surface area contributed by atoms with Crippen molar-refractivity contribution < 1.29 is 19.5 Å². The molecule has 0 spiro atoms. The standard InChI is InChI=1S/C20H20N2O4/c1-12-10-17(24)8-9-18(12)22-19(25)11-13(2)20(26)21-16-6-4-15(5-7-16)14(3)23/h4-11,24H,1-3H3,(H,21,26)(H,22,25)/b13-11-. The van der Waals surface area contributed by atoms with E-state index in [0.717, 1.165) is 0 Å². The van der Waals surface area contributed by atoms with Gasteiger partial charge in [-0.2, -0.15) is 0 Å². The smallest absolute Gasteiger partial charge is 0.251 e. The Kier molecular flexibility index (Phi) is 5.90. The first-order valence-corrected chi connectivity index (χ1v) is 7.97. The summed E-state index contributed by atoms with van der Waals surface area (Å²) in [7, 11) is 0. The molecule has 0 unspecified atom stereocenters. The summed E-state index contributed by atoms with van der Waals surface area (Å²) in [5.74, 6) is -0.806. The van der Waals surface area contributed by atoms with Gasteiger partial charge < -0.3 is 15.7 Å². The fraction of sp³-hybridized carbons (Fsp3) is 0.150. The van der Waals surface area contributed by atoms with Crippen molar-refractivity contribution in [2.75, 3.05) is 10.6 Å². The van der Waals surface area contributed by atoms with E-state index in [-0.39, 0.29) is 17.1 Å².